The molecule has 1 N–H and O–H groups in total. The van der Waals surface area contributed by atoms with Gasteiger partial charge in [-0.25, -0.2) is 0 Å². The summed E-state index contributed by atoms with van der Waals surface area (Å²) >= 11 is 1.77. The standard InChI is InChI=1S/C16H22N2OS.ClH/c19-15(14-10-16(14)5-7-17-8-6-16)18(12-3-4-12)11-13-2-1-9-20-13;/h1-2,9,12,14,17H,3-8,10-11H2;1H. The number of hydrogen-bond donors (Lipinski definition) is 1. The molecule has 5 heteroatoms. The second-order valence-electron chi connectivity index (χ2n) is 6.65. The fraction of sp³-hybridized carbons (Fsp3) is 0.688. The van der Waals surface area contributed by atoms with E-state index in [1.54, 1.807) is 11.3 Å². The molecule has 2 aliphatic carbocycles. The van der Waals surface area contributed by atoms with Gasteiger partial charge >= 0.3 is 0 Å². The molecule has 21 heavy (non-hydrogen) atoms. The minimum Gasteiger partial charge on any atom is -0.334 e. The summed E-state index contributed by atoms with van der Waals surface area (Å²) in [6.45, 7) is 3.03. The van der Waals surface area contributed by atoms with Crippen molar-refractivity contribution in [1.29, 1.82) is 0 Å². The first-order valence-electron chi connectivity index (χ1n) is 7.82. The third-order valence-corrected chi connectivity index (χ3v) is 6.13. The highest BCUT2D eigenvalue weighted by atomic mass is 35.5. The van der Waals surface area contributed by atoms with Gasteiger partial charge in [-0.05, 0) is 62.1 Å². The first-order chi connectivity index (χ1) is 9.78. The molecule has 0 aromatic carbocycles. The molecule has 116 valence electrons. The number of carbonyl (C=O) groups is 1. The lowest BCUT2D eigenvalue weighted by atomic mass is 9.91. The van der Waals surface area contributed by atoms with Crippen molar-refractivity contribution >= 4 is 29.7 Å². The number of carbonyl (C=O) groups excluding carboxylic acids is 1. The van der Waals surface area contributed by atoms with E-state index in [0.29, 0.717) is 23.3 Å². The van der Waals surface area contributed by atoms with Crippen LogP contribution in [0.25, 0.3) is 0 Å². The quantitative estimate of drug-likeness (QED) is 0.922. The van der Waals surface area contributed by atoms with Gasteiger partial charge in [-0.2, -0.15) is 0 Å². The molecule has 1 saturated heterocycles. The Kier molecular flexibility index (Phi) is 4.30. The van der Waals surface area contributed by atoms with Gasteiger partial charge in [0.05, 0.1) is 6.54 Å². The topological polar surface area (TPSA) is 32.3 Å². The monoisotopic (exact) mass is 326 g/mol. The summed E-state index contributed by atoms with van der Waals surface area (Å²) in [4.78, 5) is 16.4. The van der Waals surface area contributed by atoms with Crippen molar-refractivity contribution in [1.82, 2.24) is 10.2 Å². The van der Waals surface area contributed by atoms with Crippen LogP contribution in [0.4, 0.5) is 0 Å². The van der Waals surface area contributed by atoms with Crippen LogP contribution in [0.15, 0.2) is 17.5 Å². The highest BCUT2D eigenvalue weighted by Gasteiger charge is 2.59. The second-order valence-corrected chi connectivity index (χ2v) is 7.68. The lowest BCUT2D eigenvalue weighted by molar-refractivity contribution is -0.134. The Morgan fingerprint density at radius 2 is 2.14 bits per heavy atom. The van der Waals surface area contributed by atoms with Crippen molar-refractivity contribution < 1.29 is 4.79 Å². The van der Waals surface area contributed by atoms with Gasteiger partial charge in [-0.15, -0.1) is 23.7 Å². The average Bonchev–Trinajstić information content (AvgIpc) is 3.37. The number of piperidine rings is 1. The van der Waals surface area contributed by atoms with Crippen LogP contribution in [-0.4, -0.2) is 29.9 Å². The Hall–Kier alpha value is -0.580. The van der Waals surface area contributed by atoms with E-state index >= 15 is 0 Å². The summed E-state index contributed by atoms with van der Waals surface area (Å²) < 4.78 is 0. The van der Waals surface area contributed by atoms with Gasteiger partial charge in [0.15, 0.2) is 0 Å². The third kappa shape index (κ3) is 2.99. The van der Waals surface area contributed by atoms with E-state index < -0.39 is 0 Å². The summed E-state index contributed by atoms with van der Waals surface area (Å²) in [6, 6.07) is 4.77. The predicted octanol–water partition coefficient (Wildman–Crippen LogP) is 3.05. The first kappa shape index (κ1) is 15.3. The Bertz CT molecular complexity index is 494. The molecule has 3 fully saturated rings. The molecule has 1 aromatic heterocycles. The van der Waals surface area contributed by atoms with Gasteiger partial charge in [-0.3, -0.25) is 4.79 Å². The highest BCUT2D eigenvalue weighted by Crippen LogP contribution is 2.59. The van der Waals surface area contributed by atoms with Crippen molar-refractivity contribution in [3.05, 3.63) is 22.4 Å². The molecule has 1 atom stereocenters. The number of amides is 1. The maximum atomic E-state index is 12.9. The van der Waals surface area contributed by atoms with Gasteiger partial charge in [0, 0.05) is 16.8 Å². The normalized spacial score (nSPS) is 26.2. The van der Waals surface area contributed by atoms with Gasteiger partial charge in [-0.1, -0.05) is 6.07 Å². The molecule has 0 bridgehead atoms. The highest BCUT2D eigenvalue weighted by molar-refractivity contribution is 7.09. The Balaban J connectivity index is 0.00000132. The van der Waals surface area contributed by atoms with Crippen molar-refractivity contribution in [2.45, 2.75) is 44.7 Å². The Labute approximate surface area is 136 Å². The molecule has 1 aromatic rings. The number of nitrogens with zero attached hydrogens (tertiary/aromatic N) is 1. The van der Waals surface area contributed by atoms with Crippen LogP contribution in [0.2, 0.25) is 0 Å². The van der Waals surface area contributed by atoms with E-state index in [4.69, 9.17) is 0 Å². The molecular formula is C16H23ClN2OS. The van der Waals surface area contributed by atoms with Crippen molar-refractivity contribution in [2.24, 2.45) is 11.3 Å². The Morgan fingerprint density at radius 1 is 1.38 bits per heavy atom. The Morgan fingerprint density at radius 3 is 2.76 bits per heavy atom. The van der Waals surface area contributed by atoms with E-state index in [1.165, 1.54) is 30.6 Å². The summed E-state index contributed by atoms with van der Waals surface area (Å²) in [5.41, 5.74) is 0.366. The lowest BCUT2D eigenvalue weighted by Crippen LogP contribution is -2.37. The molecule has 1 spiro atoms. The van der Waals surface area contributed by atoms with Crippen molar-refractivity contribution in [3.8, 4) is 0 Å². The molecular weight excluding hydrogens is 304 g/mol. The van der Waals surface area contributed by atoms with E-state index in [-0.39, 0.29) is 12.4 Å². The zero-order valence-electron chi connectivity index (χ0n) is 12.2. The molecule has 1 unspecified atom stereocenters. The first-order valence-corrected chi connectivity index (χ1v) is 8.70. The molecule has 1 aliphatic heterocycles. The summed E-state index contributed by atoms with van der Waals surface area (Å²) in [6.07, 6.45) is 5.94. The molecule has 4 rings (SSSR count). The maximum Gasteiger partial charge on any atom is 0.226 e. The molecule has 0 radical (unpaired) electrons. The molecule has 2 heterocycles. The number of nitrogens with one attached hydrogen (secondary N) is 1. The molecule has 3 aliphatic rings. The summed E-state index contributed by atoms with van der Waals surface area (Å²) in [5, 5.41) is 5.52. The summed E-state index contributed by atoms with van der Waals surface area (Å²) in [7, 11) is 0. The number of thiophene rings is 1. The predicted molar refractivity (Wildman–Crippen MR) is 87.8 cm³/mol. The molecule has 3 nitrogen and oxygen atoms in total. The third-order valence-electron chi connectivity index (χ3n) is 5.26. The van der Waals surface area contributed by atoms with E-state index in [0.717, 1.165) is 26.1 Å². The van der Waals surface area contributed by atoms with Crippen LogP contribution in [0.1, 0.15) is 37.0 Å². The zero-order chi connectivity index (χ0) is 13.6. The lowest BCUT2D eigenvalue weighted by Gasteiger charge is -2.27. The number of halogens is 1. The molecule has 2 saturated carbocycles. The maximum absolute atomic E-state index is 12.9. The van der Waals surface area contributed by atoms with Crippen LogP contribution >= 0.6 is 23.7 Å². The summed E-state index contributed by atoms with van der Waals surface area (Å²) in [5.74, 6) is 0.771. The largest absolute Gasteiger partial charge is 0.334 e. The van der Waals surface area contributed by atoms with Gasteiger partial charge in [0.25, 0.3) is 0 Å². The van der Waals surface area contributed by atoms with Crippen LogP contribution in [0.5, 0.6) is 0 Å². The SMILES string of the molecule is Cl.O=C(C1CC12CCNCC2)N(Cc1cccs1)C1CC1. The number of rotatable bonds is 4. The van der Waals surface area contributed by atoms with Gasteiger partial charge in [0.1, 0.15) is 0 Å². The molecule has 1 amide bonds. The van der Waals surface area contributed by atoms with Crippen molar-refractivity contribution in [2.75, 3.05) is 13.1 Å². The van der Waals surface area contributed by atoms with Crippen LogP contribution < -0.4 is 5.32 Å². The van der Waals surface area contributed by atoms with Crippen molar-refractivity contribution in [3.63, 3.8) is 0 Å². The van der Waals surface area contributed by atoms with E-state index in [1.807, 2.05) is 0 Å². The second kappa shape index (κ2) is 5.90. The van der Waals surface area contributed by atoms with Crippen LogP contribution in [-0.2, 0) is 11.3 Å². The van der Waals surface area contributed by atoms with Gasteiger partial charge < -0.3 is 10.2 Å². The van der Waals surface area contributed by atoms with E-state index in [2.05, 4.69) is 27.7 Å². The average molecular weight is 327 g/mol. The smallest absolute Gasteiger partial charge is 0.226 e. The number of hydrogen-bond acceptors (Lipinski definition) is 3. The van der Waals surface area contributed by atoms with Crippen LogP contribution in [0, 0.1) is 11.3 Å². The fourth-order valence-corrected chi connectivity index (χ4v) is 4.42. The van der Waals surface area contributed by atoms with Gasteiger partial charge in [0.2, 0.25) is 5.91 Å². The fourth-order valence-electron chi connectivity index (χ4n) is 3.72. The zero-order valence-corrected chi connectivity index (χ0v) is 13.8. The minimum absolute atomic E-state index is 0. The van der Waals surface area contributed by atoms with E-state index in [9.17, 15) is 4.79 Å². The minimum atomic E-state index is 0. The van der Waals surface area contributed by atoms with Crippen LogP contribution in [0.3, 0.4) is 0 Å².